The fourth-order valence-corrected chi connectivity index (χ4v) is 4.75. The Morgan fingerprint density at radius 1 is 1.21 bits per heavy atom. The summed E-state index contributed by atoms with van der Waals surface area (Å²) in [4.78, 5) is 27.9. The Balaban J connectivity index is 1.41. The summed E-state index contributed by atoms with van der Waals surface area (Å²) in [5.41, 5.74) is 1.93. The van der Waals surface area contributed by atoms with Crippen molar-refractivity contribution in [3.63, 3.8) is 0 Å². The molecule has 2 aromatic rings. The molecule has 1 atom stereocenters. The van der Waals surface area contributed by atoms with E-state index in [9.17, 15) is 14.7 Å². The van der Waals surface area contributed by atoms with Crippen LogP contribution in [0.25, 0.3) is 0 Å². The Morgan fingerprint density at radius 2 is 1.93 bits per heavy atom. The van der Waals surface area contributed by atoms with Crippen LogP contribution in [0.3, 0.4) is 0 Å². The van der Waals surface area contributed by atoms with Crippen LogP contribution in [-0.2, 0) is 22.7 Å². The van der Waals surface area contributed by atoms with Crippen LogP contribution >= 0.6 is 0 Å². The molecule has 0 saturated carbocycles. The van der Waals surface area contributed by atoms with E-state index in [1.165, 1.54) is 11.1 Å². The van der Waals surface area contributed by atoms with Gasteiger partial charge in [-0.3, -0.25) is 19.2 Å². The molecule has 2 fully saturated rings. The van der Waals surface area contributed by atoms with Crippen molar-refractivity contribution in [2.24, 2.45) is 5.92 Å². The van der Waals surface area contributed by atoms with Gasteiger partial charge >= 0.3 is 5.97 Å². The number of nitrogens with zero attached hydrogens (tertiary/aromatic N) is 4. The minimum atomic E-state index is -0.850. The first-order chi connectivity index (χ1) is 13.5. The SMILES string of the molecule is CN1C(=O)C[C@H](C(=O)O)C12CCN(Cc1cccc(Cn3cccn3)c1)CC2. The number of benzene rings is 1. The standard InChI is InChI=1S/C21H26N4O3/c1-23-19(26)13-18(20(27)28)21(23)6-10-24(11-7-21)14-16-4-2-5-17(12-16)15-25-9-3-8-22-25/h2-5,8-9,12,18H,6-7,10-11,13-15H2,1H3,(H,27,28)/t18-/m1/s1. The summed E-state index contributed by atoms with van der Waals surface area (Å²) in [6.07, 6.45) is 5.28. The summed E-state index contributed by atoms with van der Waals surface area (Å²) in [5, 5.41) is 13.9. The van der Waals surface area contributed by atoms with Crippen LogP contribution in [0.4, 0.5) is 0 Å². The summed E-state index contributed by atoms with van der Waals surface area (Å²) in [5.74, 6) is -1.49. The third-order valence-electron chi connectivity index (χ3n) is 6.39. The zero-order chi connectivity index (χ0) is 19.7. The molecule has 1 amide bonds. The van der Waals surface area contributed by atoms with Crippen molar-refractivity contribution in [2.75, 3.05) is 20.1 Å². The number of rotatable bonds is 5. The van der Waals surface area contributed by atoms with Crippen LogP contribution in [0.1, 0.15) is 30.4 Å². The highest BCUT2D eigenvalue weighted by atomic mass is 16.4. The molecule has 1 aromatic carbocycles. The number of carboxylic acids is 1. The predicted molar refractivity (Wildman–Crippen MR) is 104 cm³/mol. The van der Waals surface area contributed by atoms with Crippen molar-refractivity contribution >= 4 is 11.9 Å². The molecule has 0 radical (unpaired) electrons. The van der Waals surface area contributed by atoms with Gasteiger partial charge in [0.1, 0.15) is 0 Å². The van der Waals surface area contributed by atoms with Crippen molar-refractivity contribution in [1.29, 1.82) is 0 Å². The number of hydrogen-bond acceptors (Lipinski definition) is 4. The molecule has 28 heavy (non-hydrogen) atoms. The van der Waals surface area contributed by atoms with E-state index in [1.807, 2.05) is 16.9 Å². The van der Waals surface area contributed by atoms with Crippen molar-refractivity contribution < 1.29 is 14.7 Å². The largest absolute Gasteiger partial charge is 0.481 e. The lowest BCUT2D eigenvalue weighted by molar-refractivity contribution is -0.146. The van der Waals surface area contributed by atoms with Gasteiger partial charge < -0.3 is 10.0 Å². The highest BCUT2D eigenvalue weighted by Gasteiger charge is 2.55. The molecule has 3 heterocycles. The zero-order valence-corrected chi connectivity index (χ0v) is 16.1. The van der Waals surface area contributed by atoms with Crippen LogP contribution in [0.2, 0.25) is 0 Å². The van der Waals surface area contributed by atoms with Gasteiger partial charge in [0.25, 0.3) is 0 Å². The maximum Gasteiger partial charge on any atom is 0.309 e. The van der Waals surface area contributed by atoms with Gasteiger partial charge in [-0.1, -0.05) is 24.3 Å². The Bertz CT molecular complexity index is 856. The minimum Gasteiger partial charge on any atom is -0.481 e. The van der Waals surface area contributed by atoms with E-state index >= 15 is 0 Å². The van der Waals surface area contributed by atoms with E-state index in [4.69, 9.17) is 0 Å². The van der Waals surface area contributed by atoms with E-state index in [0.29, 0.717) is 12.8 Å². The Hall–Kier alpha value is -2.67. The van der Waals surface area contributed by atoms with E-state index < -0.39 is 17.4 Å². The zero-order valence-electron chi connectivity index (χ0n) is 16.1. The fraction of sp³-hybridized carbons (Fsp3) is 0.476. The van der Waals surface area contributed by atoms with E-state index in [1.54, 1.807) is 18.1 Å². The molecule has 2 saturated heterocycles. The lowest BCUT2D eigenvalue weighted by atomic mass is 9.77. The average molecular weight is 382 g/mol. The number of likely N-dealkylation sites (tertiary alicyclic amines) is 2. The van der Waals surface area contributed by atoms with Crippen molar-refractivity contribution in [3.8, 4) is 0 Å². The summed E-state index contributed by atoms with van der Waals surface area (Å²) < 4.78 is 1.91. The fourth-order valence-electron chi connectivity index (χ4n) is 4.75. The number of piperidine rings is 1. The second-order valence-electron chi connectivity index (χ2n) is 7.95. The third-order valence-corrected chi connectivity index (χ3v) is 6.39. The summed E-state index contributed by atoms with van der Waals surface area (Å²) in [7, 11) is 1.76. The molecule has 7 heteroatoms. The number of hydrogen-bond donors (Lipinski definition) is 1. The topological polar surface area (TPSA) is 78.7 Å². The lowest BCUT2D eigenvalue weighted by Crippen LogP contribution is -2.55. The van der Waals surface area contributed by atoms with Gasteiger partial charge in [0.15, 0.2) is 0 Å². The molecule has 1 spiro atoms. The van der Waals surface area contributed by atoms with Gasteiger partial charge in [-0.15, -0.1) is 0 Å². The number of carbonyl (C=O) groups is 2. The molecular weight excluding hydrogens is 356 g/mol. The molecule has 2 aliphatic heterocycles. The van der Waals surface area contributed by atoms with Crippen LogP contribution in [0.5, 0.6) is 0 Å². The smallest absolute Gasteiger partial charge is 0.309 e. The average Bonchev–Trinajstić information content (AvgIpc) is 3.27. The van der Waals surface area contributed by atoms with Crippen LogP contribution in [-0.4, -0.2) is 62.2 Å². The highest BCUT2D eigenvalue weighted by Crippen LogP contribution is 2.43. The molecule has 1 N–H and O–H groups in total. The maximum atomic E-state index is 12.1. The maximum absolute atomic E-state index is 12.1. The quantitative estimate of drug-likeness (QED) is 0.854. The summed E-state index contributed by atoms with van der Waals surface area (Å²) >= 11 is 0. The number of carbonyl (C=O) groups excluding carboxylic acids is 1. The number of aliphatic carboxylic acids is 1. The van der Waals surface area contributed by atoms with Crippen molar-refractivity contribution in [1.82, 2.24) is 19.6 Å². The predicted octanol–water partition coefficient (Wildman–Crippen LogP) is 1.83. The van der Waals surface area contributed by atoms with E-state index in [-0.39, 0.29) is 12.3 Å². The van der Waals surface area contributed by atoms with Gasteiger partial charge in [-0.05, 0) is 30.0 Å². The normalized spacial score (nSPS) is 22.1. The van der Waals surface area contributed by atoms with E-state index in [0.717, 1.165) is 26.2 Å². The highest BCUT2D eigenvalue weighted by molar-refractivity contribution is 5.88. The first-order valence-corrected chi connectivity index (χ1v) is 9.75. The van der Waals surface area contributed by atoms with E-state index in [2.05, 4.69) is 34.3 Å². The Kier molecular flexibility index (Phi) is 4.93. The summed E-state index contributed by atoms with van der Waals surface area (Å²) in [6, 6.07) is 10.4. The van der Waals surface area contributed by atoms with Gasteiger partial charge in [-0.25, -0.2) is 0 Å². The second kappa shape index (κ2) is 7.39. The van der Waals surface area contributed by atoms with Gasteiger partial charge in [0.05, 0.1) is 18.0 Å². The van der Waals surface area contributed by atoms with Crippen LogP contribution in [0, 0.1) is 5.92 Å². The monoisotopic (exact) mass is 382 g/mol. The van der Waals surface area contributed by atoms with Crippen LogP contribution < -0.4 is 0 Å². The van der Waals surface area contributed by atoms with Gasteiger partial charge in [-0.2, -0.15) is 5.10 Å². The molecule has 7 nitrogen and oxygen atoms in total. The number of aromatic nitrogens is 2. The first kappa shape index (κ1) is 18.7. The lowest BCUT2D eigenvalue weighted by Gasteiger charge is -2.45. The van der Waals surface area contributed by atoms with Crippen molar-refractivity contribution in [2.45, 2.75) is 37.9 Å². The Morgan fingerprint density at radius 3 is 2.57 bits per heavy atom. The first-order valence-electron chi connectivity index (χ1n) is 9.75. The Labute approximate surface area is 164 Å². The number of amides is 1. The third kappa shape index (κ3) is 3.42. The molecule has 4 rings (SSSR count). The van der Waals surface area contributed by atoms with Crippen LogP contribution in [0.15, 0.2) is 42.7 Å². The second-order valence-corrected chi connectivity index (χ2v) is 7.95. The minimum absolute atomic E-state index is 0.0489. The molecule has 0 aliphatic carbocycles. The molecule has 1 aromatic heterocycles. The molecule has 2 aliphatic rings. The molecule has 148 valence electrons. The summed E-state index contributed by atoms with van der Waals surface area (Å²) in [6.45, 7) is 3.17. The van der Waals surface area contributed by atoms with Gasteiger partial charge in [0.2, 0.25) is 5.91 Å². The molecule has 0 bridgehead atoms. The molecular formula is C21H26N4O3. The molecule has 0 unspecified atom stereocenters. The van der Waals surface area contributed by atoms with Crippen molar-refractivity contribution in [3.05, 3.63) is 53.9 Å². The number of carboxylic acid groups (broad SMARTS) is 1. The van der Waals surface area contributed by atoms with Gasteiger partial charge in [0, 0.05) is 45.5 Å².